The van der Waals surface area contributed by atoms with Crippen LogP contribution in [0.1, 0.15) is 6.23 Å². The molecule has 15 nitrogen and oxygen atoms in total. The number of halogens is 1. The monoisotopic (exact) mass is 443 g/mol. The highest BCUT2D eigenvalue weighted by molar-refractivity contribution is 7.45. The lowest BCUT2D eigenvalue weighted by atomic mass is 10.1. The molecular weight excluding hydrogens is 431 g/mol. The molecular formula is C10H12FN5O10P2-2. The van der Waals surface area contributed by atoms with Crippen LogP contribution in [0.15, 0.2) is 6.33 Å². The molecule has 0 bridgehead atoms. The SMILES string of the molecule is Nc1nc(F)nc2c1ncn2[C@@H]1O[C@H](COP(=O)([O-])O)[C@@H](OP(=O)([O-])O)[C@H]1O. The van der Waals surface area contributed by atoms with E-state index in [-0.39, 0.29) is 17.0 Å². The number of ether oxygens (including phenoxy) is 1. The molecule has 156 valence electrons. The molecule has 3 rings (SSSR count). The van der Waals surface area contributed by atoms with Crippen molar-refractivity contribution in [1.82, 2.24) is 19.5 Å². The van der Waals surface area contributed by atoms with Crippen LogP contribution < -0.4 is 15.5 Å². The largest absolute Gasteiger partial charge is 0.756 e. The van der Waals surface area contributed by atoms with Crippen molar-refractivity contribution in [2.75, 3.05) is 12.3 Å². The van der Waals surface area contributed by atoms with Gasteiger partial charge in [0.2, 0.25) is 0 Å². The Hall–Kier alpha value is -1.58. The van der Waals surface area contributed by atoms with Crippen molar-refractivity contribution in [1.29, 1.82) is 0 Å². The summed E-state index contributed by atoms with van der Waals surface area (Å²) in [5.74, 6) is -0.326. The van der Waals surface area contributed by atoms with E-state index in [0.717, 1.165) is 10.9 Å². The molecule has 28 heavy (non-hydrogen) atoms. The van der Waals surface area contributed by atoms with Crippen LogP contribution in [0.4, 0.5) is 10.2 Å². The number of fused-ring (bicyclic) bond motifs is 1. The zero-order valence-electron chi connectivity index (χ0n) is 13.4. The minimum Gasteiger partial charge on any atom is -0.756 e. The van der Waals surface area contributed by atoms with E-state index in [2.05, 4.69) is 24.0 Å². The Bertz CT molecular complexity index is 977. The van der Waals surface area contributed by atoms with Gasteiger partial charge in [0.25, 0.3) is 15.6 Å². The highest BCUT2D eigenvalue weighted by atomic mass is 31.2. The number of aliphatic hydroxyl groups is 1. The van der Waals surface area contributed by atoms with Gasteiger partial charge in [-0.25, -0.2) is 4.98 Å². The fraction of sp³-hybridized carbons (Fsp3) is 0.500. The lowest BCUT2D eigenvalue weighted by molar-refractivity contribution is -0.229. The van der Waals surface area contributed by atoms with Crippen LogP contribution in [0.25, 0.3) is 11.2 Å². The van der Waals surface area contributed by atoms with Crippen molar-refractivity contribution in [3.63, 3.8) is 0 Å². The molecule has 0 aromatic carbocycles. The van der Waals surface area contributed by atoms with Crippen molar-refractivity contribution in [2.24, 2.45) is 0 Å². The molecule has 2 unspecified atom stereocenters. The predicted octanol–water partition coefficient (Wildman–Crippen LogP) is -2.87. The van der Waals surface area contributed by atoms with Gasteiger partial charge in [0, 0.05) is 0 Å². The second-order valence-corrected chi connectivity index (χ2v) is 7.90. The molecule has 0 spiro atoms. The Morgan fingerprint density at radius 2 is 2.00 bits per heavy atom. The molecule has 5 N–H and O–H groups in total. The standard InChI is InChI=1S/C10H14FN5O10P2/c11-10-14-7(12)4-8(15-10)16(2-13-4)9-5(17)6(26-28(21,22)23)3(25-9)1-24-27(18,19)20/h2-3,5-6,9,17H,1H2,(H2,12,14,15)(H2,18,19,20)(H2,21,22,23)/p-2/t3-,5-,6-,9-/m1/s1. The van der Waals surface area contributed by atoms with Crippen molar-refractivity contribution in [3.8, 4) is 0 Å². The summed E-state index contributed by atoms with van der Waals surface area (Å²) >= 11 is 0. The first-order valence-corrected chi connectivity index (χ1v) is 10.2. The Balaban J connectivity index is 1.96. The molecule has 1 aliphatic heterocycles. The molecule has 2 aromatic rings. The minimum atomic E-state index is -5.41. The first-order valence-electron chi connectivity index (χ1n) is 7.25. The van der Waals surface area contributed by atoms with Gasteiger partial charge in [0.05, 0.1) is 12.9 Å². The van der Waals surface area contributed by atoms with E-state index in [9.17, 15) is 28.4 Å². The number of nitrogens with two attached hydrogens (primary N) is 1. The van der Waals surface area contributed by atoms with E-state index >= 15 is 0 Å². The van der Waals surface area contributed by atoms with E-state index < -0.39 is 52.9 Å². The molecule has 6 atom stereocenters. The molecule has 1 saturated heterocycles. The molecule has 0 amide bonds. The number of hydrogen-bond donors (Lipinski definition) is 4. The molecule has 3 heterocycles. The fourth-order valence-corrected chi connectivity index (χ4v) is 3.54. The van der Waals surface area contributed by atoms with Gasteiger partial charge < -0.3 is 44.2 Å². The Morgan fingerprint density at radius 3 is 2.61 bits per heavy atom. The fourth-order valence-electron chi connectivity index (χ4n) is 2.63. The third-order valence-electron chi connectivity index (χ3n) is 3.66. The van der Waals surface area contributed by atoms with E-state index in [1.54, 1.807) is 0 Å². The van der Waals surface area contributed by atoms with Gasteiger partial charge in [-0.1, -0.05) is 0 Å². The number of nitrogens with zero attached hydrogens (tertiary/aromatic N) is 4. The molecule has 0 aliphatic carbocycles. The molecule has 1 fully saturated rings. The smallest absolute Gasteiger partial charge is 0.312 e. The van der Waals surface area contributed by atoms with E-state index in [0.29, 0.717) is 0 Å². The first kappa shape index (κ1) is 21.1. The summed E-state index contributed by atoms with van der Waals surface area (Å²) in [6.07, 6.45) is -7.06. The van der Waals surface area contributed by atoms with Crippen molar-refractivity contribution < 1.29 is 52.0 Å². The number of anilines is 1. The Kier molecular flexibility index (Phi) is 5.55. The summed E-state index contributed by atoms with van der Waals surface area (Å²) in [6.45, 7) is -0.979. The molecule has 18 heteroatoms. The molecule has 1 aliphatic rings. The van der Waals surface area contributed by atoms with Crippen molar-refractivity contribution in [3.05, 3.63) is 12.4 Å². The molecule has 0 radical (unpaired) electrons. The summed E-state index contributed by atoms with van der Waals surface area (Å²) in [7, 11) is -10.6. The number of aliphatic hydroxyl groups excluding tert-OH is 1. The maximum Gasteiger partial charge on any atom is 0.312 e. The van der Waals surface area contributed by atoms with Gasteiger partial charge >= 0.3 is 6.08 Å². The average Bonchev–Trinajstić information content (AvgIpc) is 3.06. The Labute approximate surface area is 154 Å². The number of nitrogen functional groups attached to an aromatic ring is 1. The van der Waals surface area contributed by atoms with Gasteiger partial charge in [-0.3, -0.25) is 13.7 Å². The zero-order chi connectivity index (χ0) is 20.9. The third kappa shape index (κ3) is 4.52. The van der Waals surface area contributed by atoms with Crippen LogP contribution in [-0.4, -0.2) is 59.3 Å². The summed E-state index contributed by atoms with van der Waals surface area (Å²) in [5, 5.41) is 10.4. The highest BCUT2D eigenvalue weighted by Crippen LogP contribution is 2.43. The van der Waals surface area contributed by atoms with E-state index in [1.807, 2.05) is 0 Å². The van der Waals surface area contributed by atoms with Gasteiger partial charge in [-0.15, -0.1) is 0 Å². The predicted molar refractivity (Wildman–Crippen MR) is 80.1 cm³/mol. The van der Waals surface area contributed by atoms with E-state index in [1.165, 1.54) is 0 Å². The number of rotatable bonds is 6. The number of imidazole rings is 1. The van der Waals surface area contributed by atoms with Crippen molar-refractivity contribution >= 4 is 32.6 Å². The lowest BCUT2D eigenvalue weighted by Crippen LogP contribution is -2.37. The first-order chi connectivity index (χ1) is 12.9. The quantitative estimate of drug-likeness (QED) is 0.259. The second-order valence-electron chi connectivity index (χ2n) is 5.56. The maximum atomic E-state index is 13.5. The van der Waals surface area contributed by atoms with Crippen LogP contribution in [0.2, 0.25) is 0 Å². The second kappa shape index (κ2) is 7.35. The van der Waals surface area contributed by atoms with E-state index in [4.69, 9.17) is 20.3 Å². The normalized spacial score (nSPS) is 29.6. The zero-order valence-corrected chi connectivity index (χ0v) is 15.2. The van der Waals surface area contributed by atoms with Crippen molar-refractivity contribution in [2.45, 2.75) is 24.5 Å². The van der Waals surface area contributed by atoms with Crippen LogP contribution in [0.3, 0.4) is 0 Å². The maximum absolute atomic E-state index is 13.5. The summed E-state index contributed by atoms with van der Waals surface area (Å²) in [5.41, 5.74) is 5.22. The highest BCUT2D eigenvalue weighted by Gasteiger charge is 2.48. The molecule has 0 saturated carbocycles. The average molecular weight is 443 g/mol. The number of aromatic nitrogens is 4. The van der Waals surface area contributed by atoms with Gasteiger partial charge in [-0.2, -0.15) is 14.4 Å². The summed E-state index contributed by atoms with van der Waals surface area (Å²) in [4.78, 5) is 50.0. The molecule has 2 aromatic heterocycles. The third-order valence-corrected chi connectivity index (χ3v) is 4.65. The van der Waals surface area contributed by atoms with Crippen LogP contribution in [0, 0.1) is 6.08 Å². The van der Waals surface area contributed by atoms with Crippen LogP contribution in [0.5, 0.6) is 0 Å². The number of phosphoric acid groups is 2. The topological polar surface area (TPSA) is 238 Å². The van der Waals surface area contributed by atoms with Crippen LogP contribution in [-0.2, 0) is 22.9 Å². The summed E-state index contributed by atoms with van der Waals surface area (Å²) < 4.78 is 50.0. The van der Waals surface area contributed by atoms with Gasteiger partial charge in [-0.05, 0) is 0 Å². The van der Waals surface area contributed by atoms with Gasteiger partial charge in [0.1, 0.15) is 18.3 Å². The van der Waals surface area contributed by atoms with Gasteiger partial charge in [0.15, 0.2) is 23.2 Å². The van der Waals surface area contributed by atoms with Crippen LogP contribution >= 0.6 is 15.6 Å². The minimum absolute atomic E-state index is 0.0644. The lowest BCUT2D eigenvalue weighted by Gasteiger charge is -2.26. The Morgan fingerprint density at radius 1 is 1.32 bits per heavy atom. The summed E-state index contributed by atoms with van der Waals surface area (Å²) in [6, 6.07) is 0. The number of hydrogen-bond acceptors (Lipinski definition) is 12. The number of phosphoric ester groups is 2.